The first-order valence-corrected chi connectivity index (χ1v) is 15.6. The maximum atomic E-state index is 12.7. The van der Waals surface area contributed by atoms with Crippen molar-refractivity contribution in [3.63, 3.8) is 0 Å². The maximum Gasteiger partial charge on any atom is 0.342 e. The highest BCUT2D eigenvalue weighted by atomic mass is 31.2. The molecular weight excluding hydrogens is 612 g/mol. The Hall–Kier alpha value is -4.25. The van der Waals surface area contributed by atoms with Crippen LogP contribution in [0.25, 0.3) is 11.2 Å². The molecule has 21 heteroatoms. The van der Waals surface area contributed by atoms with E-state index < -0.39 is 63.8 Å². The predicted molar refractivity (Wildman–Crippen MR) is 152 cm³/mol. The first-order valence-electron chi connectivity index (χ1n) is 12.2. The summed E-state index contributed by atoms with van der Waals surface area (Å²) >= 11 is 0. The largest absolute Gasteiger partial charge is 0.480 e. The third-order valence-corrected chi connectivity index (χ3v) is 9.72. The lowest BCUT2D eigenvalue weighted by atomic mass is 10.1. The van der Waals surface area contributed by atoms with Gasteiger partial charge in [0, 0.05) is 31.3 Å². The van der Waals surface area contributed by atoms with Crippen LogP contribution in [0.4, 0.5) is 17.5 Å². The Bertz CT molecular complexity index is 1590. The van der Waals surface area contributed by atoms with Crippen molar-refractivity contribution in [3.8, 4) is 0 Å². The predicted octanol–water partition coefficient (Wildman–Crippen LogP) is -1.02. The smallest absolute Gasteiger partial charge is 0.342 e. The Balaban J connectivity index is 1.57. The zero-order valence-corrected chi connectivity index (χ0v) is 24.2. The fourth-order valence-electron chi connectivity index (χ4n) is 3.76. The molecule has 0 fully saturated rings. The van der Waals surface area contributed by atoms with E-state index in [1.807, 2.05) is 5.32 Å². The van der Waals surface area contributed by atoms with Gasteiger partial charge in [0.2, 0.25) is 11.9 Å². The summed E-state index contributed by atoms with van der Waals surface area (Å²) in [6.07, 6.45) is 0.560. The lowest BCUT2D eigenvalue weighted by Crippen LogP contribution is -2.42. The van der Waals surface area contributed by atoms with Gasteiger partial charge in [-0.15, -0.1) is 0 Å². The van der Waals surface area contributed by atoms with Crippen LogP contribution in [0.15, 0.2) is 30.5 Å². The first kappa shape index (κ1) is 33.3. The molecular formula is C22H29N9O10P2. The maximum absolute atomic E-state index is 12.7. The third kappa shape index (κ3) is 9.12. The Morgan fingerprint density at radius 3 is 2.21 bits per heavy atom. The summed E-state index contributed by atoms with van der Waals surface area (Å²) in [7, 11) is -8.74. The molecule has 11 N–H and O–H groups in total. The summed E-state index contributed by atoms with van der Waals surface area (Å²) in [4.78, 5) is 91.1. The van der Waals surface area contributed by atoms with Crippen LogP contribution in [-0.4, -0.2) is 87.4 Å². The molecule has 1 unspecified atom stereocenters. The Morgan fingerprint density at radius 2 is 1.63 bits per heavy atom. The molecule has 0 saturated carbocycles. The number of rotatable bonds is 13. The molecule has 0 aliphatic heterocycles. The van der Waals surface area contributed by atoms with E-state index in [2.05, 4.69) is 25.3 Å². The average molecular weight is 641 g/mol. The number of carboxylic acids is 1. The summed E-state index contributed by atoms with van der Waals surface area (Å²) in [6, 6.07) is 4.63. The average Bonchev–Trinajstić information content (AvgIpc) is 2.89. The lowest BCUT2D eigenvalue weighted by Gasteiger charge is -2.20. The molecule has 43 heavy (non-hydrogen) atoms. The van der Waals surface area contributed by atoms with Crippen LogP contribution in [0.3, 0.4) is 0 Å². The molecule has 0 aliphatic carbocycles. The highest BCUT2D eigenvalue weighted by molar-refractivity contribution is 7.70. The second-order valence-corrected chi connectivity index (χ2v) is 13.3. The molecule has 3 rings (SSSR count). The second kappa shape index (κ2) is 13.4. The number of aliphatic carboxylic acids is 1. The molecule has 2 amide bonds. The van der Waals surface area contributed by atoms with Gasteiger partial charge < -0.3 is 51.7 Å². The minimum absolute atomic E-state index is 0.0247. The molecule has 1 atom stereocenters. The molecule has 232 valence electrons. The number of benzene rings is 1. The van der Waals surface area contributed by atoms with E-state index in [9.17, 15) is 28.6 Å². The van der Waals surface area contributed by atoms with E-state index in [-0.39, 0.29) is 23.0 Å². The topological polar surface area (TPSA) is 317 Å². The quantitative estimate of drug-likeness (QED) is 0.101. The number of nitrogens with zero attached hydrogens (tertiary/aromatic N) is 5. The van der Waals surface area contributed by atoms with E-state index in [1.165, 1.54) is 18.3 Å². The second-order valence-electron chi connectivity index (χ2n) is 9.27. The standard InChI is InChI=1S/C22H29N9O10P2/c1-31(10-12-8-26-19-17(27-12)18(23)29-22(24)30-19)13-4-2-11(3-5-13)20(33)28-14(21(34)35)6-7-15(32)25-9-16(42(36,37)38)43(39,40)41/h2-5,8,14,16H,6-7,9-10H2,1H3,(H,25,32)(H,28,33)(H,34,35)(H2,36,37,38)(H2,39,40,41)(H4,23,24,26,29,30). The van der Waals surface area contributed by atoms with Gasteiger partial charge in [0.05, 0.1) is 18.4 Å². The zero-order chi connectivity index (χ0) is 32.1. The van der Waals surface area contributed by atoms with Gasteiger partial charge in [0.15, 0.2) is 22.4 Å². The van der Waals surface area contributed by atoms with Crippen LogP contribution >= 0.6 is 15.2 Å². The third-order valence-electron chi connectivity index (χ3n) is 5.99. The Labute approximate surface area is 243 Å². The lowest BCUT2D eigenvalue weighted by molar-refractivity contribution is -0.139. The minimum Gasteiger partial charge on any atom is -0.480 e. The minimum atomic E-state index is -5.25. The number of carbonyl (C=O) groups excluding carboxylic acids is 2. The summed E-state index contributed by atoms with van der Waals surface area (Å²) in [5, 5.41) is 11.3. The fourth-order valence-corrected chi connectivity index (χ4v) is 5.99. The van der Waals surface area contributed by atoms with Gasteiger partial charge >= 0.3 is 21.2 Å². The van der Waals surface area contributed by atoms with Crippen molar-refractivity contribution in [3.05, 3.63) is 41.7 Å². The molecule has 0 spiro atoms. The number of hydrogen-bond acceptors (Lipinski definition) is 12. The summed E-state index contributed by atoms with van der Waals surface area (Å²) in [5.41, 5.74) is 13.3. The van der Waals surface area contributed by atoms with Crippen molar-refractivity contribution in [1.29, 1.82) is 0 Å². The van der Waals surface area contributed by atoms with Crippen LogP contribution in [-0.2, 0) is 25.3 Å². The van der Waals surface area contributed by atoms with Gasteiger partial charge in [-0.2, -0.15) is 9.97 Å². The number of nitrogens with one attached hydrogen (secondary N) is 2. The monoisotopic (exact) mass is 641 g/mol. The number of nitrogen functional groups attached to an aromatic ring is 2. The Morgan fingerprint density at radius 1 is 1.00 bits per heavy atom. The van der Waals surface area contributed by atoms with Crippen LogP contribution in [0.2, 0.25) is 0 Å². The van der Waals surface area contributed by atoms with E-state index in [0.717, 1.165) is 0 Å². The van der Waals surface area contributed by atoms with Crippen molar-refractivity contribution in [1.82, 2.24) is 30.6 Å². The number of hydrogen-bond donors (Lipinski definition) is 9. The van der Waals surface area contributed by atoms with Crippen LogP contribution in [0.5, 0.6) is 0 Å². The number of carboxylic acid groups (broad SMARTS) is 1. The van der Waals surface area contributed by atoms with Gasteiger partial charge in [0.25, 0.3) is 5.91 Å². The highest BCUT2D eigenvalue weighted by Gasteiger charge is 2.43. The van der Waals surface area contributed by atoms with Gasteiger partial charge in [-0.3, -0.25) is 18.7 Å². The molecule has 2 heterocycles. The summed E-state index contributed by atoms with van der Waals surface area (Å²) in [5.74, 6) is -3.08. The number of anilines is 3. The molecule has 0 saturated heterocycles. The molecule has 19 nitrogen and oxygen atoms in total. The van der Waals surface area contributed by atoms with Gasteiger partial charge in [-0.05, 0) is 30.7 Å². The fraction of sp³-hybridized carbons (Fsp3) is 0.318. The zero-order valence-electron chi connectivity index (χ0n) is 22.4. The molecule has 2 aromatic heterocycles. The van der Waals surface area contributed by atoms with Gasteiger partial charge in [0.1, 0.15) is 6.04 Å². The Kier molecular flexibility index (Phi) is 10.3. The van der Waals surface area contributed by atoms with Crippen molar-refractivity contribution >= 4 is 61.6 Å². The van der Waals surface area contributed by atoms with E-state index in [4.69, 9.17) is 31.0 Å². The molecule has 0 radical (unpaired) electrons. The SMILES string of the molecule is CN(Cc1cnc2nc(N)nc(N)c2n1)c1ccc(C(=O)NC(CCC(=O)NCC(P(=O)(O)O)P(=O)(O)O)C(=O)O)cc1. The van der Waals surface area contributed by atoms with Gasteiger partial charge in [-0.25, -0.2) is 14.8 Å². The van der Waals surface area contributed by atoms with E-state index >= 15 is 0 Å². The number of nitrogens with two attached hydrogens (primary N) is 2. The number of amides is 2. The molecule has 0 bridgehead atoms. The number of aromatic nitrogens is 4. The molecule has 1 aromatic carbocycles. The van der Waals surface area contributed by atoms with Crippen LogP contribution in [0, 0.1) is 0 Å². The van der Waals surface area contributed by atoms with Crippen molar-refractivity contribution < 1.29 is 48.2 Å². The molecule has 0 aliphatic rings. The molecule has 3 aromatic rings. The van der Waals surface area contributed by atoms with Crippen molar-refractivity contribution in [2.75, 3.05) is 30.0 Å². The van der Waals surface area contributed by atoms with Crippen LogP contribution < -0.4 is 27.0 Å². The number of fused-ring (bicyclic) bond motifs is 1. The van der Waals surface area contributed by atoms with E-state index in [1.54, 1.807) is 24.1 Å². The summed E-state index contributed by atoms with van der Waals surface area (Å²) in [6.45, 7) is -0.742. The first-order chi connectivity index (χ1) is 20.0. The highest BCUT2D eigenvalue weighted by Crippen LogP contribution is 2.59. The van der Waals surface area contributed by atoms with Crippen molar-refractivity contribution in [2.24, 2.45) is 0 Å². The van der Waals surface area contributed by atoms with Crippen LogP contribution in [0.1, 0.15) is 28.9 Å². The number of carbonyl (C=O) groups is 3. The summed E-state index contributed by atoms with van der Waals surface area (Å²) < 4.78 is 22.6. The van der Waals surface area contributed by atoms with Gasteiger partial charge in [-0.1, -0.05) is 0 Å². The van der Waals surface area contributed by atoms with Crippen molar-refractivity contribution in [2.45, 2.75) is 30.8 Å². The normalized spacial score (nSPS) is 12.6. The van der Waals surface area contributed by atoms with E-state index in [0.29, 0.717) is 23.4 Å².